The molecule has 0 spiro atoms. The summed E-state index contributed by atoms with van der Waals surface area (Å²) in [5.41, 5.74) is 0. The Labute approximate surface area is 116 Å². The van der Waals surface area contributed by atoms with Crippen LogP contribution in [0.3, 0.4) is 0 Å². The molecule has 0 aromatic heterocycles. The Morgan fingerprint density at radius 3 is 1.94 bits per heavy atom. The summed E-state index contributed by atoms with van der Waals surface area (Å²) in [4.78, 5) is 0. The molecule has 0 aromatic rings. The lowest BCUT2D eigenvalue weighted by Gasteiger charge is -2.28. The van der Waals surface area contributed by atoms with Crippen LogP contribution in [0.2, 0.25) is 19.6 Å². The maximum Gasteiger partial charge on any atom is 0.184 e. The van der Waals surface area contributed by atoms with Crippen LogP contribution in [-0.2, 0) is 4.43 Å². The summed E-state index contributed by atoms with van der Waals surface area (Å²) < 4.78 is 6.46. The SMILES string of the molecule is CC(C)CC1CC(CC(C)C)C(O[Si](C)(C)C)C1. The van der Waals surface area contributed by atoms with Crippen molar-refractivity contribution < 1.29 is 4.43 Å². The number of rotatable bonds is 6. The molecule has 1 aliphatic carbocycles. The molecule has 18 heavy (non-hydrogen) atoms. The van der Waals surface area contributed by atoms with E-state index in [9.17, 15) is 0 Å². The fourth-order valence-corrected chi connectivity index (χ4v) is 4.71. The summed E-state index contributed by atoms with van der Waals surface area (Å²) in [7, 11) is -1.38. The molecule has 0 bridgehead atoms. The van der Waals surface area contributed by atoms with Crippen LogP contribution in [0.5, 0.6) is 0 Å². The van der Waals surface area contributed by atoms with Crippen LogP contribution in [0.25, 0.3) is 0 Å². The molecule has 0 amide bonds. The van der Waals surface area contributed by atoms with Gasteiger partial charge in [0.1, 0.15) is 0 Å². The maximum absolute atomic E-state index is 6.46. The first-order valence-corrected chi connectivity index (χ1v) is 11.3. The number of hydrogen-bond donors (Lipinski definition) is 0. The second kappa shape index (κ2) is 6.56. The molecule has 1 saturated carbocycles. The largest absolute Gasteiger partial charge is 0.414 e. The minimum atomic E-state index is -1.38. The van der Waals surface area contributed by atoms with Gasteiger partial charge in [-0.2, -0.15) is 0 Å². The summed E-state index contributed by atoms with van der Waals surface area (Å²) in [5, 5.41) is 0. The highest BCUT2D eigenvalue weighted by Gasteiger charge is 2.37. The van der Waals surface area contributed by atoms with E-state index >= 15 is 0 Å². The van der Waals surface area contributed by atoms with Crippen LogP contribution < -0.4 is 0 Å². The van der Waals surface area contributed by atoms with Crippen molar-refractivity contribution >= 4 is 8.32 Å². The van der Waals surface area contributed by atoms with E-state index in [-0.39, 0.29) is 0 Å². The van der Waals surface area contributed by atoms with Gasteiger partial charge in [0, 0.05) is 6.10 Å². The topological polar surface area (TPSA) is 9.23 Å². The van der Waals surface area contributed by atoms with Gasteiger partial charge in [-0.3, -0.25) is 0 Å². The Morgan fingerprint density at radius 1 is 0.944 bits per heavy atom. The van der Waals surface area contributed by atoms with Gasteiger partial charge in [-0.05, 0) is 69.0 Å². The van der Waals surface area contributed by atoms with Crippen molar-refractivity contribution in [2.45, 2.75) is 79.1 Å². The van der Waals surface area contributed by atoms with Crippen molar-refractivity contribution in [2.24, 2.45) is 23.7 Å². The standard InChI is InChI=1S/C16H34OSi/c1-12(2)8-14-10-15(9-13(3)4)16(11-14)17-18(5,6)7/h12-16H,8-11H2,1-7H3. The molecule has 1 aliphatic rings. The lowest BCUT2D eigenvalue weighted by atomic mass is 9.91. The van der Waals surface area contributed by atoms with Crippen molar-refractivity contribution in [1.82, 2.24) is 0 Å². The van der Waals surface area contributed by atoms with E-state index in [4.69, 9.17) is 4.43 Å². The lowest BCUT2D eigenvalue weighted by Crippen LogP contribution is -2.34. The zero-order valence-corrected chi connectivity index (χ0v) is 14.6. The van der Waals surface area contributed by atoms with Gasteiger partial charge in [0.2, 0.25) is 0 Å². The summed E-state index contributed by atoms with van der Waals surface area (Å²) in [6.07, 6.45) is 6.03. The zero-order chi connectivity index (χ0) is 13.9. The second-order valence-electron chi connectivity index (χ2n) is 8.13. The van der Waals surface area contributed by atoms with Crippen molar-refractivity contribution in [3.63, 3.8) is 0 Å². The van der Waals surface area contributed by atoms with Crippen molar-refractivity contribution in [3.8, 4) is 0 Å². The smallest absolute Gasteiger partial charge is 0.184 e. The molecule has 0 heterocycles. The van der Waals surface area contributed by atoms with E-state index in [1.807, 2.05) is 0 Å². The molecule has 3 unspecified atom stereocenters. The first-order valence-electron chi connectivity index (χ1n) is 7.85. The Balaban J connectivity index is 2.60. The van der Waals surface area contributed by atoms with Crippen LogP contribution in [0, 0.1) is 23.7 Å². The third kappa shape index (κ3) is 5.88. The van der Waals surface area contributed by atoms with E-state index in [1.165, 1.54) is 25.7 Å². The molecule has 2 heteroatoms. The van der Waals surface area contributed by atoms with Gasteiger partial charge in [-0.1, -0.05) is 27.7 Å². The molecule has 0 saturated heterocycles. The molecular weight excluding hydrogens is 236 g/mol. The van der Waals surface area contributed by atoms with Crippen LogP contribution in [0.15, 0.2) is 0 Å². The molecule has 0 N–H and O–H groups in total. The number of hydrogen-bond acceptors (Lipinski definition) is 1. The third-order valence-electron chi connectivity index (χ3n) is 3.81. The first kappa shape index (κ1) is 16.2. The van der Waals surface area contributed by atoms with Gasteiger partial charge in [0.25, 0.3) is 0 Å². The molecule has 1 rings (SSSR count). The zero-order valence-electron chi connectivity index (χ0n) is 13.6. The van der Waals surface area contributed by atoms with Crippen LogP contribution >= 0.6 is 0 Å². The van der Waals surface area contributed by atoms with Gasteiger partial charge in [0.15, 0.2) is 8.32 Å². The molecule has 0 aromatic carbocycles. The fraction of sp³-hybridized carbons (Fsp3) is 1.00. The molecule has 1 nitrogen and oxygen atoms in total. The Morgan fingerprint density at radius 2 is 1.50 bits per heavy atom. The Bertz CT molecular complexity index is 242. The average Bonchev–Trinajstić information content (AvgIpc) is 2.42. The minimum Gasteiger partial charge on any atom is -0.414 e. The first-order chi connectivity index (χ1) is 8.17. The lowest BCUT2D eigenvalue weighted by molar-refractivity contribution is 0.136. The molecular formula is C16H34OSi. The maximum atomic E-state index is 6.46. The van der Waals surface area contributed by atoms with Crippen molar-refractivity contribution in [2.75, 3.05) is 0 Å². The highest BCUT2D eigenvalue weighted by Crippen LogP contribution is 2.41. The van der Waals surface area contributed by atoms with Gasteiger partial charge in [-0.25, -0.2) is 0 Å². The summed E-state index contributed by atoms with van der Waals surface area (Å²) >= 11 is 0. The van der Waals surface area contributed by atoms with Crippen molar-refractivity contribution in [1.29, 1.82) is 0 Å². The molecule has 3 atom stereocenters. The normalized spacial score (nSPS) is 29.5. The molecule has 108 valence electrons. The van der Waals surface area contributed by atoms with E-state index < -0.39 is 8.32 Å². The fourth-order valence-electron chi connectivity index (χ4n) is 3.51. The second-order valence-corrected chi connectivity index (χ2v) is 12.6. The van der Waals surface area contributed by atoms with E-state index in [1.54, 1.807) is 0 Å². The van der Waals surface area contributed by atoms with Crippen LogP contribution in [0.4, 0.5) is 0 Å². The summed E-state index contributed by atoms with van der Waals surface area (Å²) in [5.74, 6) is 3.37. The van der Waals surface area contributed by atoms with Crippen LogP contribution in [0.1, 0.15) is 53.4 Å². The molecule has 0 radical (unpaired) electrons. The van der Waals surface area contributed by atoms with E-state index in [0.717, 1.165) is 23.7 Å². The monoisotopic (exact) mass is 270 g/mol. The molecule has 0 aliphatic heterocycles. The van der Waals surface area contributed by atoms with E-state index in [2.05, 4.69) is 47.3 Å². The Kier molecular flexibility index (Phi) is 5.92. The quantitative estimate of drug-likeness (QED) is 0.593. The predicted octanol–water partition coefficient (Wildman–Crippen LogP) is 5.32. The van der Waals surface area contributed by atoms with Gasteiger partial charge < -0.3 is 4.43 Å². The highest BCUT2D eigenvalue weighted by molar-refractivity contribution is 6.69. The minimum absolute atomic E-state index is 0.558. The van der Waals surface area contributed by atoms with Crippen LogP contribution in [-0.4, -0.2) is 14.4 Å². The Hall–Kier alpha value is 0.177. The van der Waals surface area contributed by atoms with E-state index in [0.29, 0.717) is 6.10 Å². The summed E-state index contributed by atoms with van der Waals surface area (Å²) in [6.45, 7) is 16.4. The third-order valence-corrected chi connectivity index (χ3v) is 4.82. The van der Waals surface area contributed by atoms with Gasteiger partial charge >= 0.3 is 0 Å². The molecule has 1 fully saturated rings. The summed E-state index contributed by atoms with van der Waals surface area (Å²) in [6, 6.07) is 0. The van der Waals surface area contributed by atoms with Gasteiger partial charge in [-0.15, -0.1) is 0 Å². The average molecular weight is 271 g/mol. The highest BCUT2D eigenvalue weighted by atomic mass is 28.4. The predicted molar refractivity (Wildman–Crippen MR) is 83.3 cm³/mol. The van der Waals surface area contributed by atoms with Crippen molar-refractivity contribution in [3.05, 3.63) is 0 Å². The van der Waals surface area contributed by atoms with Gasteiger partial charge in [0.05, 0.1) is 0 Å².